The predicted octanol–water partition coefficient (Wildman–Crippen LogP) is 3.91. The van der Waals surface area contributed by atoms with Crippen LogP contribution in [0.25, 0.3) is 0 Å². The number of hydrogen-bond donors (Lipinski definition) is 3. The van der Waals surface area contributed by atoms with Crippen LogP contribution in [0.1, 0.15) is 31.3 Å². The molecular formula is C16H18ClN3O2. The molecule has 2 rings (SSSR count). The molecule has 0 aliphatic rings. The summed E-state index contributed by atoms with van der Waals surface area (Å²) in [5.41, 5.74) is 1.10. The minimum absolute atomic E-state index is 0.0906. The molecule has 0 fully saturated rings. The number of aromatic nitrogens is 1. The zero-order chi connectivity index (χ0) is 16.3. The second-order valence-corrected chi connectivity index (χ2v) is 6.41. The molecule has 0 saturated heterocycles. The van der Waals surface area contributed by atoms with E-state index in [-0.39, 0.29) is 11.8 Å². The lowest BCUT2D eigenvalue weighted by atomic mass is 9.95. The quantitative estimate of drug-likeness (QED) is 0.802. The van der Waals surface area contributed by atoms with Crippen molar-refractivity contribution in [3.8, 4) is 0 Å². The molecule has 2 aromatic rings. The third-order valence-electron chi connectivity index (χ3n) is 2.95. The van der Waals surface area contributed by atoms with E-state index in [2.05, 4.69) is 15.6 Å². The zero-order valence-corrected chi connectivity index (χ0v) is 13.4. The standard InChI is InChI=1S/C16H18ClN3O2/c1-16(2,3)15(22)20-12-6-4-5-11(8-12)19-14(21)13-7-10(17)9-18-13/h4-9,18H,1-3H3,(H,19,21)(H,20,22). The molecule has 0 radical (unpaired) electrons. The number of benzene rings is 1. The maximum absolute atomic E-state index is 12.0. The van der Waals surface area contributed by atoms with Crippen LogP contribution in [0.3, 0.4) is 0 Å². The van der Waals surface area contributed by atoms with Crippen LogP contribution in [0.5, 0.6) is 0 Å². The maximum atomic E-state index is 12.0. The molecule has 6 heteroatoms. The Kier molecular flexibility index (Phi) is 4.56. The first kappa shape index (κ1) is 16.1. The van der Waals surface area contributed by atoms with Gasteiger partial charge in [-0.25, -0.2) is 0 Å². The minimum Gasteiger partial charge on any atom is -0.356 e. The van der Waals surface area contributed by atoms with E-state index in [9.17, 15) is 9.59 Å². The highest BCUT2D eigenvalue weighted by Gasteiger charge is 2.21. The third-order valence-corrected chi connectivity index (χ3v) is 3.17. The van der Waals surface area contributed by atoms with E-state index in [4.69, 9.17) is 11.6 Å². The molecule has 1 aromatic heterocycles. The average molecular weight is 320 g/mol. The van der Waals surface area contributed by atoms with Crippen LogP contribution in [-0.2, 0) is 4.79 Å². The molecule has 0 atom stereocenters. The lowest BCUT2D eigenvalue weighted by Gasteiger charge is -2.18. The monoisotopic (exact) mass is 319 g/mol. The van der Waals surface area contributed by atoms with Crippen molar-refractivity contribution in [2.45, 2.75) is 20.8 Å². The number of H-pyrrole nitrogens is 1. The van der Waals surface area contributed by atoms with Crippen LogP contribution in [0.4, 0.5) is 11.4 Å². The van der Waals surface area contributed by atoms with Gasteiger partial charge < -0.3 is 15.6 Å². The summed E-state index contributed by atoms with van der Waals surface area (Å²) in [6, 6.07) is 8.52. The Balaban J connectivity index is 2.08. The van der Waals surface area contributed by atoms with Crippen LogP contribution in [-0.4, -0.2) is 16.8 Å². The summed E-state index contributed by atoms with van der Waals surface area (Å²) in [7, 11) is 0. The van der Waals surface area contributed by atoms with Gasteiger partial charge in [-0.2, -0.15) is 0 Å². The maximum Gasteiger partial charge on any atom is 0.272 e. The van der Waals surface area contributed by atoms with Crippen LogP contribution in [0.15, 0.2) is 36.5 Å². The van der Waals surface area contributed by atoms with E-state index in [1.807, 2.05) is 20.8 Å². The molecule has 1 aromatic carbocycles. The van der Waals surface area contributed by atoms with Gasteiger partial charge in [-0.1, -0.05) is 38.4 Å². The van der Waals surface area contributed by atoms with Crippen molar-refractivity contribution in [1.82, 2.24) is 4.98 Å². The Labute approximate surface area is 134 Å². The van der Waals surface area contributed by atoms with Crippen LogP contribution in [0, 0.1) is 5.41 Å². The summed E-state index contributed by atoms with van der Waals surface area (Å²) >= 11 is 5.77. The third kappa shape index (κ3) is 4.11. The van der Waals surface area contributed by atoms with Gasteiger partial charge in [0.05, 0.1) is 5.02 Å². The fourth-order valence-corrected chi connectivity index (χ4v) is 1.85. The first-order chi connectivity index (χ1) is 10.3. The molecule has 0 bridgehead atoms. The molecule has 3 N–H and O–H groups in total. The van der Waals surface area contributed by atoms with Crippen molar-refractivity contribution in [2.75, 3.05) is 10.6 Å². The van der Waals surface area contributed by atoms with Crippen molar-refractivity contribution in [2.24, 2.45) is 5.41 Å². The Morgan fingerprint density at radius 3 is 2.27 bits per heavy atom. The number of aromatic amines is 1. The van der Waals surface area contributed by atoms with E-state index in [1.54, 1.807) is 30.3 Å². The van der Waals surface area contributed by atoms with Crippen LogP contribution < -0.4 is 10.6 Å². The van der Waals surface area contributed by atoms with Gasteiger partial charge in [-0.05, 0) is 24.3 Å². The molecule has 22 heavy (non-hydrogen) atoms. The number of hydrogen-bond acceptors (Lipinski definition) is 2. The van der Waals surface area contributed by atoms with Gasteiger partial charge in [0.15, 0.2) is 0 Å². The summed E-state index contributed by atoms with van der Waals surface area (Å²) in [5.74, 6) is -0.390. The lowest BCUT2D eigenvalue weighted by Crippen LogP contribution is -2.27. The molecule has 0 aliphatic heterocycles. The molecule has 0 unspecified atom stereocenters. The predicted molar refractivity (Wildman–Crippen MR) is 88.3 cm³/mol. The van der Waals surface area contributed by atoms with Crippen molar-refractivity contribution in [3.05, 3.63) is 47.2 Å². The topological polar surface area (TPSA) is 74.0 Å². The highest BCUT2D eigenvalue weighted by Crippen LogP contribution is 2.20. The van der Waals surface area contributed by atoms with Crippen molar-refractivity contribution in [3.63, 3.8) is 0 Å². The fraction of sp³-hybridized carbons (Fsp3) is 0.250. The summed E-state index contributed by atoms with van der Waals surface area (Å²) < 4.78 is 0. The minimum atomic E-state index is -0.486. The molecule has 116 valence electrons. The number of halogens is 1. The second-order valence-electron chi connectivity index (χ2n) is 5.97. The Morgan fingerprint density at radius 1 is 1.09 bits per heavy atom. The first-order valence-electron chi connectivity index (χ1n) is 6.82. The first-order valence-corrected chi connectivity index (χ1v) is 7.20. The smallest absolute Gasteiger partial charge is 0.272 e. The number of anilines is 2. The number of nitrogens with one attached hydrogen (secondary N) is 3. The molecule has 2 amide bonds. The number of amides is 2. The molecule has 0 spiro atoms. The second kappa shape index (κ2) is 6.23. The summed E-state index contributed by atoms with van der Waals surface area (Å²) in [5, 5.41) is 6.03. The summed E-state index contributed by atoms with van der Waals surface area (Å²) in [6.45, 7) is 5.51. The number of rotatable bonds is 3. The molecule has 0 aliphatic carbocycles. The van der Waals surface area contributed by atoms with Crippen molar-refractivity contribution < 1.29 is 9.59 Å². The van der Waals surface area contributed by atoms with Gasteiger partial charge in [-0.15, -0.1) is 0 Å². The van der Waals surface area contributed by atoms with Gasteiger partial charge in [0.1, 0.15) is 5.69 Å². The van der Waals surface area contributed by atoms with Crippen LogP contribution in [0.2, 0.25) is 5.02 Å². The molecule has 0 saturated carbocycles. The molecule has 1 heterocycles. The fourth-order valence-electron chi connectivity index (χ4n) is 1.69. The summed E-state index contributed by atoms with van der Waals surface area (Å²) in [6.07, 6.45) is 1.54. The van der Waals surface area contributed by atoms with Gasteiger partial charge in [0.2, 0.25) is 5.91 Å². The highest BCUT2D eigenvalue weighted by atomic mass is 35.5. The van der Waals surface area contributed by atoms with Crippen molar-refractivity contribution in [1.29, 1.82) is 0 Å². The van der Waals surface area contributed by atoms with E-state index in [0.717, 1.165) is 0 Å². The summed E-state index contributed by atoms with van der Waals surface area (Å²) in [4.78, 5) is 26.8. The zero-order valence-electron chi connectivity index (χ0n) is 12.7. The Bertz CT molecular complexity index is 701. The van der Waals surface area contributed by atoms with Crippen LogP contribution >= 0.6 is 11.6 Å². The Morgan fingerprint density at radius 2 is 1.73 bits per heavy atom. The molecule has 5 nitrogen and oxygen atoms in total. The van der Waals surface area contributed by atoms with Crippen molar-refractivity contribution >= 4 is 34.8 Å². The SMILES string of the molecule is CC(C)(C)C(=O)Nc1cccc(NC(=O)c2cc(Cl)c[nH]2)c1. The van der Waals surface area contributed by atoms with Gasteiger partial charge in [0.25, 0.3) is 5.91 Å². The van der Waals surface area contributed by atoms with E-state index in [1.165, 1.54) is 6.20 Å². The van der Waals surface area contributed by atoms with Gasteiger partial charge in [-0.3, -0.25) is 9.59 Å². The largest absolute Gasteiger partial charge is 0.356 e. The Hall–Kier alpha value is -2.27. The van der Waals surface area contributed by atoms with E-state index in [0.29, 0.717) is 22.1 Å². The van der Waals surface area contributed by atoms with Gasteiger partial charge >= 0.3 is 0 Å². The highest BCUT2D eigenvalue weighted by molar-refractivity contribution is 6.31. The van der Waals surface area contributed by atoms with E-state index < -0.39 is 5.41 Å². The number of carbonyl (C=O) groups is 2. The average Bonchev–Trinajstić information content (AvgIpc) is 2.85. The molecular weight excluding hydrogens is 302 g/mol. The van der Waals surface area contributed by atoms with E-state index >= 15 is 0 Å². The normalized spacial score (nSPS) is 11.1. The number of carbonyl (C=O) groups excluding carboxylic acids is 2. The lowest BCUT2D eigenvalue weighted by molar-refractivity contribution is -0.123. The van der Waals surface area contributed by atoms with Gasteiger partial charge in [0, 0.05) is 23.0 Å².